The van der Waals surface area contributed by atoms with E-state index in [1.807, 2.05) is 0 Å². The number of anilines is 1. The monoisotopic (exact) mass is 251 g/mol. The fourth-order valence-electron chi connectivity index (χ4n) is 0.907. The SMILES string of the molecule is Nc1nc(-c2nc(C(F)(F)F)cs2)cs1. The fourth-order valence-corrected chi connectivity index (χ4v) is 2.32. The lowest BCUT2D eigenvalue weighted by molar-refractivity contribution is -0.140. The summed E-state index contributed by atoms with van der Waals surface area (Å²) >= 11 is 2.07. The highest BCUT2D eigenvalue weighted by molar-refractivity contribution is 7.15. The third-order valence-corrected chi connectivity index (χ3v) is 3.07. The Kier molecular flexibility index (Phi) is 2.39. The van der Waals surface area contributed by atoms with E-state index in [0.717, 1.165) is 16.7 Å². The molecule has 0 aliphatic heterocycles. The first-order valence-electron chi connectivity index (χ1n) is 3.71. The fraction of sp³-hybridized carbons (Fsp3) is 0.143. The van der Waals surface area contributed by atoms with E-state index < -0.39 is 11.9 Å². The van der Waals surface area contributed by atoms with Gasteiger partial charge in [-0.15, -0.1) is 22.7 Å². The van der Waals surface area contributed by atoms with Crippen molar-refractivity contribution >= 4 is 27.8 Å². The van der Waals surface area contributed by atoms with Gasteiger partial charge in [0.2, 0.25) is 0 Å². The predicted octanol–water partition coefficient (Wildman–Crippen LogP) is 2.87. The first-order chi connectivity index (χ1) is 6.97. The molecule has 0 aromatic carbocycles. The third-order valence-electron chi connectivity index (χ3n) is 1.54. The maximum Gasteiger partial charge on any atom is 0.434 e. The lowest BCUT2D eigenvalue weighted by Crippen LogP contribution is -2.04. The van der Waals surface area contributed by atoms with Crippen molar-refractivity contribution in [2.45, 2.75) is 6.18 Å². The van der Waals surface area contributed by atoms with Crippen molar-refractivity contribution in [3.63, 3.8) is 0 Å². The minimum Gasteiger partial charge on any atom is -0.375 e. The normalized spacial score (nSPS) is 11.9. The number of halogens is 3. The highest BCUT2D eigenvalue weighted by Gasteiger charge is 2.33. The van der Waals surface area contributed by atoms with Gasteiger partial charge in [-0.1, -0.05) is 0 Å². The average Bonchev–Trinajstić information content (AvgIpc) is 2.69. The summed E-state index contributed by atoms with van der Waals surface area (Å²) in [6.45, 7) is 0. The lowest BCUT2D eigenvalue weighted by atomic mass is 10.4. The van der Waals surface area contributed by atoms with E-state index in [-0.39, 0.29) is 5.01 Å². The Balaban J connectivity index is 2.36. The maximum atomic E-state index is 12.2. The molecule has 0 atom stereocenters. The molecule has 0 fully saturated rings. The number of aromatic nitrogens is 2. The molecule has 0 unspecified atom stereocenters. The summed E-state index contributed by atoms with van der Waals surface area (Å²) in [7, 11) is 0. The molecule has 0 saturated heterocycles. The number of hydrogen-bond donors (Lipinski definition) is 1. The van der Waals surface area contributed by atoms with Gasteiger partial charge in [0, 0.05) is 10.8 Å². The molecule has 8 heteroatoms. The first kappa shape index (κ1) is 10.4. The van der Waals surface area contributed by atoms with E-state index >= 15 is 0 Å². The van der Waals surface area contributed by atoms with Crippen LogP contribution in [0.15, 0.2) is 10.8 Å². The number of thiazole rings is 2. The molecule has 0 amide bonds. The quantitative estimate of drug-likeness (QED) is 0.847. The van der Waals surface area contributed by atoms with Crippen LogP contribution in [0.4, 0.5) is 18.3 Å². The molecular formula is C7H4F3N3S2. The minimum atomic E-state index is -4.41. The van der Waals surface area contributed by atoms with Crippen molar-refractivity contribution in [2.75, 3.05) is 5.73 Å². The summed E-state index contributed by atoms with van der Waals surface area (Å²) in [5.74, 6) is 0. The zero-order valence-corrected chi connectivity index (χ0v) is 8.71. The maximum absolute atomic E-state index is 12.2. The molecule has 3 nitrogen and oxygen atoms in total. The molecule has 0 aliphatic carbocycles. The van der Waals surface area contributed by atoms with E-state index in [4.69, 9.17) is 5.73 Å². The first-order valence-corrected chi connectivity index (χ1v) is 5.47. The van der Waals surface area contributed by atoms with Crippen LogP contribution in [0.1, 0.15) is 5.69 Å². The van der Waals surface area contributed by atoms with Gasteiger partial charge in [-0.3, -0.25) is 0 Å². The number of alkyl halides is 3. The molecule has 0 spiro atoms. The highest BCUT2D eigenvalue weighted by atomic mass is 32.1. The number of nitrogen functional groups attached to an aromatic ring is 1. The molecule has 2 heterocycles. The van der Waals surface area contributed by atoms with Crippen molar-refractivity contribution in [3.8, 4) is 10.7 Å². The molecule has 0 aliphatic rings. The summed E-state index contributed by atoms with van der Waals surface area (Å²) < 4.78 is 36.7. The van der Waals surface area contributed by atoms with E-state index in [2.05, 4.69) is 9.97 Å². The van der Waals surface area contributed by atoms with Crippen LogP contribution in [-0.4, -0.2) is 9.97 Å². The number of hydrogen-bond acceptors (Lipinski definition) is 5. The highest BCUT2D eigenvalue weighted by Crippen LogP contribution is 2.33. The average molecular weight is 251 g/mol. The van der Waals surface area contributed by atoms with Gasteiger partial charge in [-0.05, 0) is 0 Å². The smallest absolute Gasteiger partial charge is 0.375 e. The molecule has 2 N–H and O–H groups in total. The second kappa shape index (κ2) is 3.46. The summed E-state index contributed by atoms with van der Waals surface area (Å²) in [5, 5.41) is 3.09. The van der Waals surface area contributed by atoms with E-state index in [1.54, 1.807) is 5.38 Å². The summed E-state index contributed by atoms with van der Waals surface area (Å²) in [4.78, 5) is 7.30. The Morgan fingerprint density at radius 3 is 2.33 bits per heavy atom. The minimum absolute atomic E-state index is 0.232. The zero-order chi connectivity index (χ0) is 11.1. The van der Waals surface area contributed by atoms with Crippen LogP contribution in [0.5, 0.6) is 0 Å². The van der Waals surface area contributed by atoms with Crippen molar-refractivity contribution in [3.05, 3.63) is 16.5 Å². The van der Waals surface area contributed by atoms with Crippen LogP contribution in [0.3, 0.4) is 0 Å². The van der Waals surface area contributed by atoms with E-state index in [1.165, 1.54) is 11.3 Å². The summed E-state index contributed by atoms with van der Waals surface area (Å²) in [5.41, 5.74) is 4.86. The van der Waals surface area contributed by atoms with E-state index in [0.29, 0.717) is 10.8 Å². The van der Waals surface area contributed by atoms with Gasteiger partial charge in [-0.25, -0.2) is 9.97 Å². The van der Waals surface area contributed by atoms with Crippen molar-refractivity contribution in [1.29, 1.82) is 0 Å². The standard InChI is InChI=1S/C7H4F3N3S2/c8-7(9,10)4-2-14-5(13-4)3-1-15-6(11)12-3/h1-2H,(H2,11,12). The van der Waals surface area contributed by atoms with Crippen molar-refractivity contribution in [1.82, 2.24) is 9.97 Å². The van der Waals surface area contributed by atoms with Gasteiger partial charge in [0.1, 0.15) is 10.7 Å². The number of nitrogens with two attached hydrogens (primary N) is 1. The second-order valence-electron chi connectivity index (χ2n) is 2.61. The molecule has 2 rings (SSSR count). The molecule has 80 valence electrons. The van der Waals surface area contributed by atoms with Gasteiger partial charge in [0.25, 0.3) is 0 Å². The Hall–Kier alpha value is -1.15. The second-order valence-corrected chi connectivity index (χ2v) is 4.35. The van der Waals surface area contributed by atoms with Crippen LogP contribution >= 0.6 is 22.7 Å². The molecule has 2 aromatic heterocycles. The van der Waals surface area contributed by atoms with Gasteiger partial charge in [-0.2, -0.15) is 13.2 Å². The molecule has 0 radical (unpaired) electrons. The predicted molar refractivity (Wildman–Crippen MR) is 52.6 cm³/mol. The van der Waals surface area contributed by atoms with Crippen LogP contribution in [0.25, 0.3) is 10.7 Å². The molecule has 2 aromatic rings. The van der Waals surface area contributed by atoms with Gasteiger partial charge in [0.15, 0.2) is 10.8 Å². The topological polar surface area (TPSA) is 51.8 Å². The lowest BCUT2D eigenvalue weighted by Gasteiger charge is -1.99. The van der Waals surface area contributed by atoms with Crippen LogP contribution < -0.4 is 5.73 Å². The van der Waals surface area contributed by atoms with Gasteiger partial charge < -0.3 is 5.73 Å². The van der Waals surface area contributed by atoms with Crippen LogP contribution in [-0.2, 0) is 6.18 Å². The summed E-state index contributed by atoms with van der Waals surface area (Å²) in [6.07, 6.45) is -4.41. The largest absolute Gasteiger partial charge is 0.434 e. The van der Waals surface area contributed by atoms with Crippen LogP contribution in [0.2, 0.25) is 0 Å². The van der Waals surface area contributed by atoms with Gasteiger partial charge >= 0.3 is 6.18 Å². The Labute approximate surface area is 90.4 Å². The molecule has 0 saturated carbocycles. The zero-order valence-electron chi connectivity index (χ0n) is 7.08. The summed E-state index contributed by atoms with van der Waals surface area (Å²) in [6, 6.07) is 0. The van der Waals surface area contributed by atoms with Gasteiger partial charge in [0.05, 0.1) is 0 Å². The molecular weight excluding hydrogens is 247 g/mol. The third kappa shape index (κ3) is 2.10. The number of nitrogens with zero attached hydrogens (tertiary/aromatic N) is 2. The Morgan fingerprint density at radius 1 is 1.13 bits per heavy atom. The Morgan fingerprint density at radius 2 is 1.87 bits per heavy atom. The van der Waals surface area contributed by atoms with Crippen molar-refractivity contribution < 1.29 is 13.2 Å². The van der Waals surface area contributed by atoms with Crippen LogP contribution in [0, 0.1) is 0 Å². The molecule has 0 bridgehead atoms. The molecule has 15 heavy (non-hydrogen) atoms. The van der Waals surface area contributed by atoms with Crippen molar-refractivity contribution in [2.24, 2.45) is 0 Å². The Bertz CT molecular complexity index is 474. The van der Waals surface area contributed by atoms with E-state index in [9.17, 15) is 13.2 Å². The number of rotatable bonds is 1.